The van der Waals surface area contributed by atoms with Gasteiger partial charge in [-0.2, -0.15) is 0 Å². The first-order chi connectivity index (χ1) is 6.59. The number of nitrogens with zero attached hydrogens (tertiary/aromatic N) is 1. The molecule has 0 spiro atoms. The lowest BCUT2D eigenvalue weighted by Gasteiger charge is -2.07. The summed E-state index contributed by atoms with van der Waals surface area (Å²) in [5.74, 6) is 1.17. The van der Waals surface area contributed by atoms with Crippen LogP contribution in [-0.4, -0.2) is 17.4 Å². The van der Waals surface area contributed by atoms with E-state index in [4.69, 9.17) is 4.74 Å². The molecule has 1 aromatic heterocycles. The quantitative estimate of drug-likeness (QED) is 0.689. The van der Waals surface area contributed by atoms with Crippen LogP contribution < -0.4 is 4.74 Å². The van der Waals surface area contributed by atoms with E-state index in [-0.39, 0.29) is 5.78 Å². The number of rotatable bonds is 4. The fourth-order valence-electron chi connectivity index (χ4n) is 0.937. The Morgan fingerprint density at radius 1 is 1.50 bits per heavy atom. The molecular formula is C11H15NO2. The minimum Gasteiger partial charge on any atom is -0.492 e. The van der Waals surface area contributed by atoms with E-state index in [1.54, 1.807) is 18.3 Å². The van der Waals surface area contributed by atoms with Crippen LogP contribution in [0.5, 0.6) is 5.75 Å². The summed E-state index contributed by atoms with van der Waals surface area (Å²) in [6.45, 7) is 6.33. The molecule has 1 rings (SSSR count). The van der Waals surface area contributed by atoms with Crippen LogP contribution in [-0.2, 0) is 0 Å². The molecule has 0 saturated heterocycles. The Labute approximate surface area is 84.1 Å². The van der Waals surface area contributed by atoms with Crippen LogP contribution in [0.2, 0.25) is 0 Å². The van der Waals surface area contributed by atoms with Crippen LogP contribution in [0.3, 0.4) is 0 Å². The van der Waals surface area contributed by atoms with E-state index >= 15 is 0 Å². The van der Waals surface area contributed by atoms with Gasteiger partial charge in [-0.05, 0) is 18.1 Å². The van der Waals surface area contributed by atoms with Crippen LogP contribution in [0.1, 0.15) is 31.3 Å². The fraction of sp³-hybridized carbons (Fsp3) is 0.455. The molecule has 0 atom stereocenters. The molecular weight excluding hydrogens is 178 g/mol. The van der Waals surface area contributed by atoms with E-state index in [0.717, 1.165) is 0 Å². The zero-order valence-electron chi connectivity index (χ0n) is 8.78. The molecule has 1 heterocycles. The van der Waals surface area contributed by atoms with Crippen molar-refractivity contribution < 1.29 is 9.53 Å². The number of carbonyl (C=O) groups excluding carboxylic acids is 1. The highest BCUT2D eigenvalue weighted by atomic mass is 16.5. The minimum atomic E-state index is -0.0274. The van der Waals surface area contributed by atoms with Gasteiger partial charge in [0.15, 0.2) is 5.78 Å². The fourth-order valence-corrected chi connectivity index (χ4v) is 0.937. The lowest BCUT2D eigenvalue weighted by molar-refractivity contribution is 0.101. The molecule has 0 saturated carbocycles. The molecule has 0 bridgehead atoms. The topological polar surface area (TPSA) is 39.2 Å². The average molecular weight is 193 g/mol. The monoisotopic (exact) mass is 193 g/mol. The first-order valence-electron chi connectivity index (χ1n) is 4.69. The number of hydrogen-bond donors (Lipinski definition) is 0. The second kappa shape index (κ2) is 4.74. The molecule has 0 amide bonds. The zero-order valence-corrected chi connectivity index (χ0v) is 8.78. The summed E-state index contributed by atoms with van der Waals surface area (Å²) in [6.07, 6.45) is 1.58. The predicted octanol–water partition coefficient (Wildman–Crippen LogP) is 2.32. The Morgan fingerprint density at radius 3 is 2.64 bits per heavy atom. The maximum absolute atomic E-state index is 10.9. The maximum Gasteiger partial charge on any atom is 0.178 e. The minimum absolute atomic E-state index is 0.0274. The molecule has 0 aliphatic heterocycles. The van der Waals surface area contributed by atoms with Gasteiger partial charge in [0.05, 0.1) is 12.8 Å². The van der Waals surface area contributed by atoms with Crippen molar-refractivity contribution in [1.82, 2.24) is 4.98 Å². The van der Waals surface area contributed by atoms with Gasteiger partial charge >= 0.3 is 0 Å². The summed E-state index contributed by atoms with van der Waals surface area (Å²) in [4.78, 5) is 14.9. The average Bonchev–Trinajstić information content (AvgIpc) is 2.15. The number of Topliss-reactive ketones (excluding diaryl/α,β-unsaturated/α-hetero) is 1. The molecule has 76 valence electrons. The Balaban J connectivity index is 2.60. The van der Waals surface area contributed by atoms with Crippen molar-refractivity contribution in [3.8, 4) is 5.75 Å². The van der Waals surface area contributed by atoms with Crippen molar-refractivity contribution in [3.63, 3.8) is 0 Å². The molecule has 0 fully saturated rings. The van der Waals surface area contributed by atoms with Gasteiger partial charge in [-0.1, -0.05) is 13.8 Å². The van der Waals surface area contributed by atoms with E-state index in [0.29, 0.717) is 24.0 Å². The zero-order chi connectivity index (χ0) is 10.6. The van der Waals surface area contributed by atoms with Crippen LogP contribution in [0.25, 0.3) is 0 Å². The Bertz CT molecular complexity index is 304. The third kappa shape index (κ3) is 3.17. The van der Waals surface area contributed by atoms with Crippen LogP contribution in [0, 0.1) is 5.92 Å². The van der Waals surface area contributed by atoms with Crippen molar-refractivity contribution in [1.29, 1.82) is 0 Å². The third-order valence-electron chi connectivity index (χ3n) is 1.68. The third-order valence-corrected chi connectivity index (χ3v) is 1.68. The van der Waals surface area contributed by atoms with E-state index in [1.165, 1.54) is 6.92 Å². The largest absolute Gasteiger partial charge is 0.492 e. The molecule has 0 N–H and O–H groups in total. The second-order valence-corrected chi connectivity index (χ2v) is 3.64. The second-order valence-electron chi connectivity index (χ2n) is 3.64. The molecule has 3 heteroatoms. The number of carbonyl (C=O) groups is 1. The summed E-state index contributed by atoms with van der Waals surface area (Å²) in [7, 11) is 0. The van der Waals surface area contributed by atoms with Crippen LogP contribution >= 0.6 is 0 Å². The number of ether oxygens (including phenoxy) is 1. The van der Waals surface area contributed by atoms with Crippen molar-refractivity contribution in [2.75, 3.05) is 6.61 Å². The normalized spacial score (nSPS) is 10.3. The van der Waals surface area contributed by atoms with Gasteiger partial charge in [0, 0.05) is 6.92 Å². The summed E-state index contributed by atoms with van der Waals surface area (Å²) in [5.41, 5.74) is 0.474. The number of ketones is 1. The van der Waals surface area contributed by atoms with Gasteiger partial charge < -0.3 is 4.74 Å². The van der Waals surface area contributed by atoms with E-state index in [9.17, 15) is 4.79 Å². The van der Waals surface area contributed by atoms with Crippen LogP contribution in [0.15, 0.2) is 18.3 Å². The Morgan fingerprint density at radius 2 is 2.21 bits per heavy atom. The SMILES string of the molecule is CC(=O)c1ccc(OCC(C)C)cn1. The summed E-state index contributed by atoms with van der Waals surface area (Å²) in [5, 5.41) is 0. The van der Waals surface area contributed by atoms with Gasteiger partial charge in [-0.25, -0.2) is 4.98 Å². The first-order valence-corrected chi connectivity index (χ1v) is 4.69. The van der Waals surface area contributed by atoms with Crippen molar-refractivity contribution >= 4 is 5.78 Å². The van der Waals surface area contributed by atoms with Gasteiger partial charge in [-0.3, -0.25) is 4.79 Å². The summed E-state index contributed by atoms with van der Waals surface area (Å²) in [6, 6.07) is 3.45. The number of pyridine rings is 1. The van der Waals surface area contributed by atoms with Gasteiger partial charge in [0.2, 0.25) is 0 Å². The van der Waals surface area contributed by atoms with Gasteiger partial charge in [-0.15, -0.1) is 0 Å². The predicted molar refractivity (Wildman–Crippen MR) is 54.6 cm³/mol. The van der Waals surface area contributed by atoms with Gasteiger partial charge in [0.25, 0.3) is 0 Å². The summed E-state index contributed by atoms with van der Waals surface area (Å²) < 4.78 is 5.43. The molecule has 3 nitrogen and oxygen atoms in total. The highest BCUT2D eigenvalue weighted by Gasteiger charge is 2.01. The van der Waals surface area contributed by atoms with E-state index in [2.05, 4.69) is 18.8 Å². The lowest BCUT2D eigenvalue weighted by Crippen LogP contribution is -2.05. The number of hydrogen-bond acceptors (Lipinski definition) is 3. The molecule has 0 aromatic carbocycles. The standard InChI is InChI=1S/C11H15NO2/c1-8(2)7-14-10-4-5-11(9(3)13)12-6-10/h4-6,8H,7H2,1-3H3. The van der Waals surface area contributed by atoms with Crippen LogP contribution in [0.4, 0.5) is 0 Å². The molecule has 1 aromatic rings. The van der Waals surface area contributed by atoms with Crippen molar-refractivity contribution in [2.24, 2.45) is 5.92 Å². The first kappa shape index (κ1) is 10.7. The van der Waals surface area contributed by atoms with Crippen molar-refractivity contribution in [3.05, 3.63) is 24.0 Å². The van der Waals surface area contributed by atoms with E-state index in [1.807, 2.05) is 0 Å². The molecule has 14 heavy (non-hydrogen) atoms. The summed E-state index contributed by atoms with van der Waals surface area (Å²) >= 11 is 0. The smallest absolute Gasteiger partial charge is 0.178 e. The Hall–Kier alpha value is -1.38. The Kier molecular flexibility index (Phi) is 3.63. The molecule has 0 aliphatic rings. The number of aromatic nitrogens is 1. The molecule has 0 unspecified atom stereocenters. The maximum atomic E-state index is 10.9. The highest BCUT2D eigenvalue weighted by Crippen LogP contribution is 2.10. The van der Waals surface area contributed by atoms with E-state index < -0.39 is 0 Å². The highest BCUT2D eigenvalue weighted by molar-refractivity contribution is 5.92. The lowest BCUT2D eigenvalue weighted by atomic mass is 10.2. The van der Waals surface area contributed by atoms with Crippen molar-refractivity contribution in [2.45, 2.75) is 20.8 Å². The van der Waals surface area contributed by atoms with Gasteiger partial charge in [0.1, 0.15) is 11.4 Å². The molecule has 0 aliphatic carbocycles. The molecule has 0 radical (unpaired) electrons.